The molecule has 0 aliphatic heterocycles. The Hall–Kier alpha value is -3.82. The van der Waals surface area contributed by atoms with Crippen molar-refractivity contribution in [2.24, 2.45) is 11.7 Å². The average molecular weight is 444 g/mol. The molecule has 1 saturated carbocycles. The summed E-state index contributed by atoms with van der Waals surface area (Å²) in [6.07, 6.45) is 0.350. The van der Waals surface area contributed by atoms with Gasteiger partial charge in [0.15, 0.2) is 0 Å². The Balaban J connectivity index is 1.96. The van der Waals surface area contributed by atoms with Crippen LogP contribution in [0.2, 0.25) is 0 Å². The van der Waals surface area contributed by atoms with Crippen molar-refractivity contribution < 1.29 is 27.2 Å². The van der Waals surface area contributed by atoms with Gasteiger partial charge in [0.2, 0.25) is 11.8 Å². The number of amides is 2. The standard InChI is InChI=1S/C22H16F4N4O2/c23-12-3-4-14(17(9-12)22(24,25)26)13-5-7-28-10-16(13)18-15(19(27)31)6-8-29-20(18)30-21(32)11-1-2-11/h3-11H,1-2H2,(H2,27,31)(H,29,30,32). The lowest BCUT2D eigenvalue weighted by Gasteiger charge is -2.19. The molecule has 2 amide bonds. The first-order valence-corrected chi connectivity index (χ1v) is 9.58. The molecule has 0 saturated heterocycles. The number of hydrogen-bond acceptors (Lipinski definition) is 4. The molecule has 1 fully saturated rings. The van der Waals surface area contributed by atoms with Crippen molar-refractivity contribution in [3.8, 4) is 22.3 Å². The molecule has 1 aliphatic carbocycles. The van der Waals surface area contributed by atoms with Gasteiger partial charge in [-0.1, -0.05) is 6.07 Å². The van der Waals surface area contributed by atoms with Crippen LogP contribution in [0.3, 0.4) is 0 Å². The van der Waals surface area contributed by atoms with Crippen LogP contribution < -0.4 is 11.1 Å². The zero-order valence-electron chi connectivity index (χ0n) is 16.4. The van der Waals surface area contributed by atoms with Crippen LogP contribution in [0.15, 0.2) is 48.9 Å². The average Bonchev–Trinajstić information content (AvgIpc) is 3.58. The molecule has 2 aromatic heterocycles. The number of aromatic nitrogens is 2. The molecule has 0 bridgehead atoms. The van der Waals surface area contributed by atoms with E-state index in [0.29, 0.717) is 18.9 Å². The van der Waals surface area contributed by atoms with Gasteiger partial charge in [0.1, 0.15) is 11.6 Å². The van der Waals surface area contributed by atoms with Crippen LogP contribution in [0.4, 0.5) is 23.4 Å². The summed E-state index contributed by atoms with van der Waals surface area (Å²) in [5.41, 5.74) is 4.06. The molecule has 0 unspecified atom stereocenters. The minimum Gasteiger partial charge on any atom is -0.366 e. The highest BCUT2D eigenvalue weighted by Gasteiger charge is 2.35. The topological polar surface area (TPSA) is 98.0 Å². The third-order valence-electron chi connectivity index (χ3n) is 5.07. The molecule has 32 heavy (non-hydrogen) atoms. The van der Waals surface area contributed by atoms with Crippen molar-refractivity contribution >= 4 is 17.6 Å². The number of benzene rings is 1. The fourth-order valence-corrected chi connectivity index (χ4v) is 3.41. The van der Waals surface area contributed by atoms with Crippen molar-refractivity contribution in [3.05, 3.63) is 65.9 Å². The number of hydrogen-bond donors (Lipinski definition) is 2. The molecule has 3 N–H and O–H groups in total. The summed E-state index contributed by atoms with van der Waals surface area (Å²) < 4.78 is 54.7. The lowest BCUT2D eigenvalue weighted by atomic mass is 9.91. The Morgan fingerprint density at radius 3 is 2.44 bits per heavy atom. The van der Waals surface area contributed by atoms with Gasteiger partial charge in [0, 0.05) is 35.6 Å². The lowest BCUT2D eigenvalue weighted by molar-refractivity contribution is -0.137. The number of nitrogens with zero attached hydrogens (tertiary/aromatic N) is 2. The second kappa shape index (κ2) is 8.03. The maximum Gasteiger partial charge on any atom is 0.417 e. The largest absolute Gasteiger partial charge is 0.417 e. The summed E-state index contributed by atoms with van der Waals surface area (Å²) in [4.78, 5) is 32.6. The minimum atomic E-state index is -4.84. The monoisotopic (exact) mass is 444 g/mol. The molecule has 4 rings (SSSR count). The Morgan fingerprint density at radius 1 is 1.03 bits per heavy atom. The van der Waals surface area contributed by atoms with Gasteiger partial charge in [0.05, 0.1) is 11.1 Å². The number of alkyl halides is 3. The number of carbonyl (C=O) groups is 2. The minimum absolute atomic E-state index is 0.0183. The van der Waals surface area contributed by atoms with Gasteiger partial charge in [-0.2, -0.15) is 13.2 Å². The smallest absolute Gasteiger partial charge is 0.366 e. The molecule has 6 nitrogen and oxygen atoms in total. The van der Waals surface area contributed by atoms with Gasteiger partial charge in [-0.25, -0.2) is 9.37 Å². The van der Waals surface area contributed by atoms with E-state index in [4.69, 9.17) is 5.73 Å². The van der Waals surface area contributed by atoms with E-state index in [1.54, 1.807) is 0 Å². The summed E-state index contributed by atoms with van der Waals surface area (Å²) in [6.45, 7) is 0. The number of carbonyl (C=O) groups excluding carboxylic acids is 2. The van der Waals surface area contributed by atoms with Crippen molar-refractivity contribution in [3.63, 3.8) is 0 Å². The summed E-state index contributed by atoms with van der Waals surface area (Å²) >= 11 is 0. The number of primary amides is 1. The molecule has 3 aromatic rings. The maximum absolute atomic E-state index is 13.7. The number of anilines is 1. The van der Waals surface area contributed by atoms with Crippen LogP contribution in [0.25, 0.3) is 22.3 Å². The molecule has 0 radical (unpaired) electrons. The van der Waals surface area contributed by atoms with Crippen molar-refractivity contribution in [1.82, 2.24) is 9.97 Å². The molecule has 0 spiro atoms. The summed E-state index contributed by atoms with van der Waals surface area (Å²) in [5.74, 6) is -2.45. The van der Waals surface area contributed by atoms with Gasteiger partial charge >= 0.3 is 6.18 Å². The molecule has 0 atom stereocenters. The first-order valence-electron chi connectivity index (χ1n) is 9.58. The normalized spacial score (nSPS) is 13.6. The predicted molar refractivity (Wildman–Crippen MR) is 108 cm³/mol. The van der Waals surface area contributed by atoms with E-state index < -0.39 is 23.5 Å². The van der Waals surface area contributed by atoms with Crippen LogP contribution in [-0.2, 0) is 11.0 Å². The molecule has 2 heterocycles. The fraction of sp³-hybridized carbons (Fsp3) is 0.182. The third kappa shape index (κ3) is 4.16. The van der Waals surface area contributed by atoms with Crippen molar-refractivity contribution in [1.29, 1.82) is 0 Å². The van der Waals surface area contributed by atoms with Gasteiger partial charge in [-0.15, -0.1) is 0 Å². The zero-order chi connectivity index (χ0) is 23.0. The van der Waals surface area contributed by atoms with E-state index in [1.165, 1.54) is 30.7 Å². The van der Waals surface area contributed by atoms with E-state index in [-0.39, 0.29) is 45.5 Å². The second-order valence-electron chi connectivity index (χ2n) is 7.32. The Bertz CT molecular complexity index is 1220. The summed E-state index contributed by atoms with van der Waals surface area (Å²) in [6, 6.07) is 4.91. The first kappa shape index (κ1) is 21.4. The first-order chi connectivity index (χ1) is 15.2. The van der Waals surface area contributed by atoms with E-state index in [0.717, 1.165) is 12.1 Å². The molecule has 1 aliphatic rings. The molecule has 164 valence electrons. The van der Waals surface area contributed by atoms with Gasteiger partial charge in [0.25, 0.3) is 0 Å². The molecule has 1 aromatic carbocycles. The van der Waals surface area contributed by atoms with Gasteiger partial charge < -0.3 is 11.1 Å². The van der Waals surface area contributed by atoms with Gasteiger partial charge in [-0.3, -0.25) is 14.6 Å². The van der Waals surface area contributed by atoms with Crippen LogP contribution in [0.5, 0.6) is 0 Å². The van der Waals surface area contributed by atoms with Crippen LogP contribution >= 0.6 is 0 Å². The summed E-state index contributed by atoms with van der Waals surface area (Å²) in [7, 11) is 0. The Labute approximate surface area is 179 Å². The highest BCUT2D eigenvalue weighted by atomic mass is 19.4. The molecular weight excluding hydrogens is 428 g/mol. The number of pyridine rings is 2. The van der Waals surface area contributed by atoms with Crippen molar-refractivity contribution in [2.75, 3.05) is 5.32 Å². The van der Waals surface area contributed by atoms with Gasteiger partial charge in [-0.05, 0) is 48.2 Å². The number of halogens is 4. The van der Waals surface area contributed by atoms with E-state index in [1.807, 2.05) is 0 Å². The predicted octanol–water partition coefficient (Wildman–Crippen LogP) is 4.42. The lowest BCUT2D eigenvalue weighted by Crippen LogP contribution is -2.19. The van der Waals surface area contributed by atoms with E-state index in [2.05, 4.69) is 15.3 Å². The second-order valence-corrected chi connectivity index (χ2v) is 7.32. The SMILES string of the molecule is NC(=O)c1ccnc(NC(=O)C2CC2)c1-c1cnccc1-c1ccc(F)cc1C(F)(F)F. The quantitative estimate of drug-likeness (QED) is 0.570. The van der Waals surface area contributed by atoms with E-state index in [9.17, 15) is 27.2 Å². The summed E-state index contributed by atoms with van der Waals surface area (Å²) in [5, 5.41) is 2.63. The highest BCUT2D eigenvalue weighted by molar-refractivity contribution is 6.07. The number of nitrogens with two attached hydrogens (primary N) is 1. The Morgan fingerprint density at radius 2 is 1.78 bits per heavy atom. The van der Waals surface area contributed by atoms with Crippen molar-refractivity contribution in [2.45, 2.75) is 19.0 Å². The van der Waals surface area contributed by atoms with Crippen LogP contribution in [0, 0.1) is 11.7 Å². The number of nitrogens with one attached hydrogen (secondary N) is 1. The highest BCUT2D eigenvalue weighted by Crippen LogP contribution is 2.43. The van der Waals surface area contributed by atoms with Crippen LogP contribution in [0.1, 0.15) is 28.8 Å². The zero-order valence-corrected chi connectivity index (χ0v) is 16.4. The molecular formula is C22H16F4N4O2. The van der Waals surface area contributed by atoms with E-state index >= 15 is 0 Å². The Kier molecular flexibility index (Phi) is 5.37. The number of rotatable bonds is 5. The fourth-order valence-electron chi connectivity index (χ4n) is 3.41. The maximum atomic E-state index is 13.7. The van der Waals surface area contributed by atoms with Crippen LogP contribution in [-0.4, -0.2) is 21.8 Å². The third-order valence-corrected chi connectivity index (χ3v) is 5.07. The molecule has 10 heteroatoms.